The van der Waals surface area contributed by atoms with Gasteiger partial charge in [-0.25, -0.2) is 0 Å². The smallest absolute Gasteiger partial charge is 0.310 e. The molecule has 2 amide bonds. The fourth-order valence-corrected chi connectivity index (χ4v) is 2.45. The van der Waals surface area contributed by atoms with Crippen LogP contribution >= 0.6 is 24.1 Å². The minimum Gasteiger partial charge on any atom is -0.315 e. The van der Waals surface area contributed by atoms with Crippen molar-refractivity contribution in [2.24, 2.45) is 0 Å². The Labute approximate surface area is 151 Å². The van der Waals surface area contributed by atoms with E-state index in [0.29, 0.717) is 24.6 Å². The highest BCUT2D eigenvalue weighted by atomic mass is 32.2. The standard InChI is InChI=1S/C16H24N2O4S2/c1-3-5-11-21-23-15(19)17-13-7-9-14(10-8-13)18-16(20)24-22-12-6-4-2/h7-10H,3-6,11-12H2,1-2H3,(H,17,19)(H,18,20). The molecule has 2 N–H and O–H groups in total. The van der Waals surface area contributed by atoms with Gasteiger partial charge >= 0.3 is 10.5 Å². The van der Waals surface area contributed by atoms with Crippen LogP contribution in [0.1, 0.15) is 39.5 Å². The second-order valence-corrected chi connectivity index (χ2v) is 6.47. The third-order valence-corrected chi connectivity index (χ3v) is 3.89. The highest BCUT2D eigenvalue weighted by Crippen LogP contribution is 2.18. The number of carbonyl (C=O) groups excluding carboxylic acids is 2. The maximum absolute atomic E-state index is 11.6. The summed E-state index contributed by atoms with van der Waals surface area (Å²) in [5, 5.41) is 4.86. The zero-order chi connectivity index (χ0) is 17.6. The number of nitrogens with one attached hydrogen (secondary N) is 2. The van der Waals surface area contributed by atoms with Crippen LogP contribution in [-0.2, 0) is 8.37 Å². The summed E-state index contributed by atoms with van der Waals surface area (Å²) in [7, 11) is 0. The van der Waals surface area contributed by atoms with Gasteiger partial charge in [0.15, 0.2) is 0 Å². The summed E-state index contributed by atoms with van der Waals surface area (Å²) in [4.78, 5) is 23.3. The molecule has 0 aliphatic carbocycles. The van der Waals surface area contributed by atoms with E-state index in [2.05, 4.69) is 24.5 Å². The molecule has 0 radical (unpaired) electrons. The molecule has 0 aliphatic heterocycles. The highest BCUT2D eigenvalue weighted by Gasteiger charge is 2.06. The van der Waals surface area contributed by atoms with Crippen molar-refractivity contribution in [2.75, 3.05) is 23.8 Å². The van der Waals surface area contributed by atoms with Gasteiger partial charge in [0.25, 0.3) is 0 Å². The molecule has 0 aromatic heterocycles. The van der Waals surface area contributed by atoms with Crippen molar-refractivity contribution in [1.82, 2.24) is 0 Å². The third kappa shape index (κ3) is 9.82. The second-order valence-electron chi connectivity index (χ2n) is 4.92. The van der Waals surface area contributed by atoms with Crippen LogP contribution in [0.2, 0.25) is 0 Å². The first kappa shape index (κ1) is 20.8. The van der Waals surface area contributed by atoms with E-state index in [9.17, 15) is 9.59 Å². The number of carbonyl (C=O) groups is 2. The lowest BCUT2D eigenvalue weighted by molar-refractivity contribution is 0.266. The van der Waals surface area contributed by atoms with Gasteiger partial charge in [-0.2, -0.15) is 0 Å². The second kappa shape index (κ2) is 13.1. The van der Waals surface area contributed by atoms with Crippen LogP contribution in [0.15, 0.2) is 24.3 Å². The minimum absolute atomic E-state index is 0.275. The quantitative estimate of drug-likeness (QED) is 0.406. The number of unbranched alkanes of at least 4 members (excludes halogenated alkanes) is 2. The van der Waals surface area contributed by atoms with Gasteiger partial charge in [-0.15, -0.1) is 0 Å². The first-order valence-corrected chi connectivity index (χ1v) is 9.45. The summed E-state index contributed by atoms with van der Waals surface area (Å²) < 4.78 is 10.3. The SMILES string of the molecule is CCCCOSC(=O)Nc1ccc(NC(=O)SOCCCC)cc1. The number of rotatable bonds is 10. The van der Waals surface area contributed by atoms with Crippen molar-refractivity contribution in [3.05, 3.63) is 24.3 Å². The molecule has 0 bridgehead atoms. The molecule has 134 valence electrons. The van der Waals surface area contributed by atoms with E-state index in [0.717, 1.165) is 49.8 Å². The van der Waals surface area contributed by atoms with Gasteiger partial charge in [0, 0.05) is 11.4 Å². The molecule has 0 saturated carbocycles. The summed E-state index contributed by atoms with van der Waals surface area (Å²) in [6.45, 7) is 5.23. The predicted octanol–water partition coefficient (Wildman–Crippen LogP) is 5.68. The normalized spacial score (nSPS) is 10.4. The molecule has 1 aromatic rings. The summed E-state index contributed by atoms with van der Waals surface area (Å²) in [5.41, 5.74) is 1.27. The molecular weight excluding hydrogens is 348 g/mol. The molecule has 0 aliphatic rings. The molecule has 0 heterocycles. The molecule has 24 heavy (non-hydrogen) atoms. The zero-order valence-electron chi connectivity index (χ0n) is 14.0. The van der Waals surface area contributed by atoms with Gasteiger partial charge in [-0.05, 0) is 37.1 Å². The van der Waals surface area contributed by atoms with Crippen LogP contribution in [0.25, 0.3) is 0 Å². The average molecular weight is 373 g/mol. The number of benzene rings is 1. The van der Waals surface area contributed by atoms with Gasteiger partial charge in [0.05, 0.1) is 37.3 Å². The van der Waals surface area contributed by atoms with Crippen LogP contribution in [0.4, 0.5) is 21.0 Å². The van der Waals surface area contributed by atoms with Gasteiger partial charge < -0.3 is 19.0 Å². The monoisotopic (exact) mass is 372 g/mol. The molecule has 0 spiro atoms. The molecule has 1 rings (SSSR count). The Kier molecular flexibility index (Phi) is 11.4. The molecule has 0 saturated heterocycles. The minimum atomic E-state index is -0.275. The molecular formula is C16H24N2O4S2. The largest absolute Gasteiger partial charge is 0.315 e. The average Bonchev–Trinajstić information content (AvgIpc) is 2.57. The van der Waals surface area contributed by atoms with Crippen molar-refractivity contribution in [2.45, 2.75) is 39.5 Å². The van der Waals surface area contributed by atoms with E-state index >= 15 is 0 Å². The van der Waals surface area contributed by atoms with Crippen LogP contribution < -0.4 is 10.6 Å². The van der Waals surface area contributed by atoms with E-state index in [1.807, 2.05) is 0 Å². The molecule has 1 aromatic carbocycles. The van der Waals surface area contributed by atoms with Gasteiger partial charge in [-0.1, -0.05) is 26.7 Å². The van der Waals surface area contributed by atoms with Crippen LogP contribution in [-0.4, -0.2) is 23.7 Å². The van der Waals surface area contributed by atoms with Crippen molar-refractivity contribution in [3.63, 3.8) is 0 Å². The van der Waals surface area contributed by atoms with Crippen molar-refractivity contribution in [1.29, 1.82) is 0 Å². The Morgan fingerprint density at radius 1 is 0.833 bits per heavy atom. The Bertz CT molecular complexity index is 452. The number of amides is 2. The third-order valence-electron chi connectivity index (χ3n) is 2.81. The van der Waals surface area contributed by atoms with Crippen LogP contribution in [0, 0.1) is 0 Å². The lowest BCUT2D eigenvalue weighted by Gasteiger charge is -2.07. The van der Waals surface area contributed by atoms with Crippen LogP contribution in [0.5, 0.6) is 0 Å². The number of hydrogen-bond acceptors (Lipinski definition) is 6. The summed E-state index contributed by atoms with van der Waals surface area (Å²) in [6, 6.07) is 6.84. The van der Waals surface area contributed by atoms with E-state index < -0.39 is 0 Å². The Balaban J connectivity index is 2.29. The topological polar surface area (TPSA) is 76.7 Å². The van der Waals surface area contributed by atoms with Crippen molar-refractivity contribution >= 4 is 45.9 Å². The first-order valence-electron chi connectivity index (χ1n) is 7.96. The maximum Gasteiger partial charge on any atom is 0.310 e. The van der Waals surface area contributed by atoms with Crippen molar-refractivity contribution in [3.8, 4) is 0 Å². The molecule has 8 heteroatoms. The Morgan fingerprint density at radius 3 is 1.54 bits per heavy atom. The summed E-state index contributed by atoms with van der Waals surface area (Å²) >= 11 is 1.60. The lowest BCUT2D eigenvalue weighted by Crippen LogP contribution is -2.07. The Morgan fingerprint density at radius 2 is 1.21 bits per heavy atom. The predicted molar refractivity (Wildman–Crippen MR) is 101 cm³/mol. The van der Waals surface area contributed by atoms with E-state index in [1.54, 1.807) is 24.3 Å². The first-order chi connectivity index (χ1) is 11.7. The zero-order valence-corrected chi connectivity index (χ0v) is 15.6. The lowest BCUT2D eigenvalue weighted by atomic mass is 10.3. The number of anilines is 2. The van der Waals surface area contributed by atoms with E-state index in [4.69, 9.17) is 8.37 Å². The molecule has 0 fully saturated rings. The Hall–Kier alpha value is -1.22. The fraction of sp³-hybridized carbons (Fsp3) is 0.500. The van der Waals surface area contributed by atoms with E-state index in [1.165, 1.54) is 0 Å². The van der Waals surface area contributed by atoms with E-state index in [-0.39, 0.29) is 10.5 Å². The maximum atomic E-state index is 11.6. The molecule has 6 nitrogen and oxygen atoms in total. The molecule has 0 unspecified atom stereocenters. The molecule has 0 atom stereocenters. The van der Waals surface area contributed by atoms with Crippen LogP contribution in [0.3, 0.4) is 0 Å². The van der Waals surface area contributed by atoms with Gasteiger partial charge in [0.2, 0.25) is 0 Å². The van der Waals surface area contributed by atoms with Gasteiger partial charge in [-0.3, -0.25) is 9.59 Å². The highest BCUT2D eigenvalue weighted by molar-refractivity contribution is 8.10. The van der Waals surface area contributed by atoms with Crippen molar-refractivity contribution < 1.29 is 18.0 Å². The summed E-state index contributed by atoms with van der Waals surface area (Å²) in [6.07, 6.45) is 3.90. The summed E-state index contributed by atoms with van der Waals surface area (Å²) in [5.74, 6) is 0. The van der Waals surface area contributed by atoms with Gasteiger partial charge in [0.1, 0.15) is 0 Å². The fourth-order valence-electron chi connectivity index (χ4n) is 1.51. The number of hydrogen-bond donors (Lipinski definition) is 2.